The largest absolute Gasteiger partial charge is 0.446 e. The number of hydrogen-bond acceptors (Lipinski definition) is 6. The molecule has 30 heavy (non-hydrogen) atoms. The van der Waals surface area contributed by atoms with Gasteiger partial charge in [-0.3, -0.25) is 0 Å². The van der Waals surface area contributed by atoms with Crippen LogP contribution in [0.25, 0.3) is 0 Å². The average molecular weight is 443 g/mol. The molecular weight excluding hydrogens is 408 g/mol. The van der Waals surface area contributed by atoms with Crippen molar-refractivity contribution in [1.29, 1.82) is 0 Å². The molecule has 2 unspecified atom stereocenters. The van der Waals surface area contributed by atoms with E-state index in [1.807, 2.05) is 20.8 Å². The molecule has 170 valence electrons. The van der Waals surface area contributed by atoms with Crippen LogP contribution in [0.2, 0.25) is 0 Å². The first kappa shape index (κ1) is 21.7. The number of ether oxygens (including phenoxy) is 2. The van der Waals surface area contributed by atoms with Crippen LogP contribution in [0.1, 0.15) is 59.3 Å². The SMILES string of the molecule is CC(C)(C)OC(=O)N[C@@H]1CCN(C(=O)OC2C3CC4CC2CC(S(C)(=O)=O)(C4)C3)C1. The predicted molar refractivity (Wildman–Crippen MR) is 111 cm³/mol. The highest BCUT2D eigenvalue weighted by molar-refractivity contribution is 7.92. The number of nitrogens with one attached hydrogen (secondary N) is 1. The lowest BCUT2D eigenvalue weighted by molar-refractivity contribution is -0.0938. The summed E-state index contributed by atoms with van der Waals surface area (Å²) in [4.78, 5) is 26.4. The van der Waals surface area contributed by atoms with Crippen molar-refractivity contribution in [3.05, 3.63) is 0 Å². The number of likely N-dealkylation sites (tertiary alicyclic amines) is 1. The zero-order chi connectivity index (χ0) is 21.9. The van der Waals surface area contributed by atoms with Crippen molar-refractivity contribution in [2.75, 3.05) is 19.3 Å². The zero-order valence-corrected chi connectivity index (χ0v) is 19.2. The van der Waals surface area contributed by atoms with Crippen LogP contribution < -0.4 is 5.32 Å². The molecule has 5 aliphatic rings. The highest BCUT2D eigenvalue weighted by Gasteiger charge is 2.60. The quantitative estimate of drug-likeness (QED) is 0.721. The van der Waals surface area contributed by atoms with E-state index >= 15 is 0 Å². The van der Waals surface area contributed by atoms with Crippen molar-refractivity contribution in [2.24, 2.45) is 17.8 Å². The van der Waals surface area contributed by atoms with E-state index in [1.165, 1.54) is 6.26 Å². The number of carbonyl (C=O) groups excluding carboxylic acids is 2. The van der Waals surface area contributed by atoms with Gasteiger partial charge in [-0.25, -0.2) is 18.0 Å². The van der Waals surface area contributed by atoms with Crippen molar-refractivity contribution >= 4 is 22.0 Å². The summed E-state index contributed by atoms with van der Waals surface area (Å²) in [7, 11) is -3.12. The molecule has 0 aromatic carbocycles. The number of alkyl carbamates (subject to hydrolysis) is 1. The fraction of sp³-hybridized carbons (Fsp3) is 0.905. The van der Waals surface area contributed by atoms with Gasteiger partial charge >= 0.3 is 12.2 Å². The summed E-state index contributed by atoms with van der Waals surface area (Å²) >= 11 is 0. The molecule has 0 aromatic heterocycles. The minimum Gasteiger partial charge on any atom is -0.446 e. The molecule has 2 amide bonds. The van der Waals surface area contributed by atoms with Crippen LogP contribution in [0.4, 0.5) is 9.59 Å². The Morgan fingerprint density at radius 2 is 1.73 bits per heavy atom. The molecule has 0 aromatic rings. The second kappa shape index (κ2) is 7.28. The second-order valence-electron chi connectivity index (χ2n) is 10.9. The molecular formula is C21H34N2O6S. The molecule has 5 rings (SSSR count). The maximum Gasteiger partial charge on any atom is 0.410 e. The van der Waals surface area contributed by atoms with Crippen LogP contribution >= 0.6 is 0 Å². The summed E-state index contributed by atoms with van der Waals surface area (Å²) in [5.74, 6) is 0.697. The van der Waals surface area contributed by atoms with Crippen LogP contribution in [-0.4, -0.2) is 67.3 Å². The lowest BCUT2D eigenvalue weighted by Crippen LogP contribution is -2.60. The van der Waals surface area contributed by atoms with Gasteiger partial charge in [0.05, 0.1) is 10.8 Å². The van der Waals surface area contributed by atoms with E-state index in [2.05, 4.69) is 5.32 Å². The molecule has 0 spiro atoms. The van der Waals surface area contributed by atoms with Gasteiger partial charge in [-0.2, -0.15) is 0 Å². The van der Waals surface area contributed by atoms with Crippen LogP contribution in [-0.2, 0) is 19.3 Å². The molecule has 0 radical (unpaired) electrons. The molecule has 3 atom stereocenters. The van der Waals surface area contributed by atoms with Gasteiger partial charge in [0, 0.05) is 19.3 Å². The molecule has 9 heteroatoms. The highest BCUT2D eigenvalue weighted by Crippen LogP contribution is 2.59. The van der Waals surface area contributed by atoms with E-state index in [0.29, 0.717) is 38.3 Å². The van der Waals surface area contributed by atoms with Gasteiger partial charge in [-0.1, -0.05) is 0 Å². The molecule has 1 aliphatic heterocycles. The Bertz CT molecular complexity index is 804. The molecule has 4 aliphatic carbocycles. The van der Waals surface area contributed by atoms with Gasteiger partial charge in [0.25, 0.3) is 0 Å². The van der Waals surface area contributed by atoms with Crippen LogP contribution in [0.5, 0.6) is 0 Å². The maximum absolute atomic E-state index is 12.8. The van der Waals surface area contributed by atoms with Crippen molar-refractivity contribution in [1.82, 2.24) is 10.2 Å². The Labute approximate surface area is 178 Å². The van der Waals surface area contributed by atoms with Gasteiger partial charge in [0.15, 0.2) is 9.84 Å². The summed E-state index contributed by atoms with van der Waals surface area (Å²) in [6.07, 6.45) is 4.89. The summed E-state index contributed by atoms with van der Waals surface area (Å²) < 4.78 is 35.6. The highest BCUT2D eigenvalue weighted by atomic mass is 32.2. The van der Waals surface area contributed by atoms with Gasteiger partial charge < -0.3 is 19.7 Å². The number of nitrogens with zero attached hydrogens (tertiary/aromatic N) is 1. The monoisotopic (exact) mass is 442 g/mol. The molecule has 1 saturated heterocycles. The summed E-state index contributed by atoms with van der Waals surface area (Å²) in [6.45, 7) is 6.35. The Balaban J connectivity index is 1.33. The third-order valence-corrected chi connectivity index (χ3v) is 9.39. The lowest BCUT2D eigenvalue weighted by atomic mass is 9.54. The summed E-state index contributed by atoms with van der Waals surface area (Å²) in [5.41, 5.74) is -0.565. The number of amides is 2. The standard InChI is InChI=1S/C21H34N2O6S/c1-20(2,3)29-18(24)22-16-5-6-23(12-16)19(25)28-17-14-7-13-8-15(17)11-21(9-13,10-14)30(4,26)27/h13-17H,5-12H2,1-4H3,(H,22,24)/t13?,14?,15?,16-,17?,21?/m1/s1. The van der Waals surface area contributed by atoms with Crippen LogP contribution in [0, 0.1) is 17.8 Å². The second-order valence-corrected chi connectivity index (χ2v) is 13.3. The molecule has 4 bridgehead atoms. The molecule has 1 N–H and O–H groups in total. The predicted octanol–water partition coefficient (Wildman–Crippen LogP) is 2.71. The Morgan fingerprint density at radius 1 is 1.10 bits per heavy atom. The van der Waals surface area contributed by atoms with Crippen molar-refractivity contribution in [3.8, 4) is 0 Å². The topological polar surface area (TPSA) is 102 Å². The third kappa shape index (κ3) is 4.14. The lowest BCUT2D eigenvalue weighted by Gasteiger charge is -2.58. The van der Waals surface area contributed by atoms with Crippen LogP contribution in [0.15, 0.2) is 0 Å². The van der Waals surface area contributed by atoms with E-state index in [1.54, 1.807) is 4.90 Å². The van der Waals surface area contributed by atoms with Crippen LogP contribution in [0.3, 0.4) is 0 Å². The van der Waals surface area contributed by atoms with Crippen molar-refractivity contribution in [3.63, 3.8) is 0 Å². The first-order chi connectivity index (χ1) is 13.9. The van der Waals surface area contributed by atoms with Gasteiger partial charge in [0.2, 0.25) is 0 Å². The fourth-order valence-corrected chi connectivity index (χ4v) is 7.83. The minimum absolute atomic E-state index is 0.133. The Morgan fingerprint density at radius 3 is 2.30 bits per heavy atom. The van der Waals surface area contributed by atoms with E-state index in [-0.39, 0.29) is 30.1 Å². The minimum atomic E-state index is -3.12. The number of hydrogen-bond donors (Lipinski definition) is 1. The van der Waals surface area contributed by atoms with E-state index < -0.39 is 26.3 Å². The first-order valence-electron chi connectivity index (χ1n) is 11.0. The van der Waals surface area contributed by atoms with E-state index in [4.69, 9.17) is 9.47 Å². The number of sulfone groups is 1. The van der Waals surface area contributed by atoms with Crippen molar-refractivity contribution < 1.29 is 27.5 Å². The first-order valence-corrected chi connectivity index (χ1v) is 12.9. The van der Waals surface area contributed by atoms with E-state index in [0.717, 1.165) is 19.3 Å². The van der Waals surface area contributed by atoms with Gasteiger partial charge in [0.1, 0.15) is 11.7 Å². The number of rotatable bonds is 3. The molecule has 4 saturated carbocycles. The number of carbonyl (C=O) groups is 2. The average Bonchev–Trinajstić information content (AvgIpc) is 3.03. The van der Waals surface area contributed by atoms with Gasteiger partial charge in [-0.15, -0.1) is 0 Å². The normalized spacial score (nSPS) is 37.9. The van der Waals surface area contributed by atoms with E-state index in [9.17, 15) is 18.0 Å². The van der Waals surface area contributed by atoms with Gasteiger partial charge in [-0.05, 0) is 77.0 Å². The smallest absolute Gasteiger partial charge is 0.410 e. The molecule has 5 fully saturated rings. The summed E-state index contributed by atoms with van der Waals surface area (Å²) in [5, 5.41) is 2.82. The zero-order valence-electron chi connectivity index (χ0n) is 18.3. The third-order valence-electron chi connectivity index (χ3n) is 7.32. The maximum atomic E-state index is 12.8. The Kier molecular flexibility index (Phi) is 5.27. The van der Waals surface area contributed by atoms with Crippen molar-refractivity contribution in [2.45, 2.75) is 81.8 Å². The molecule has 1 heterocycles. The summed E-state index contributed by atoms with van der Waals surface area (Å²) in [6, 6.07) is -0.153. The Hall–Kier alpha value is -1.51. The molecule has 8 nitrogen and oxygen atoms in total. The fourth-order valence-electron chi connectivity index (χ4n) is 6.26.